The summed E-state index contributed by atoms with van der Waals surface area (Å²) in [5.74, 6) is 0.830. The zero-order valence-corrected chi connectivity index (χ0v) is 14.1. The van der Waals surface area contributed by atoms with E-state index in [4.69, 9.17) is 10.1 Å². The number of methoxy groups -OCH3 is 1. The van der Waals surface area contributed by atoms with E-state index in [1.54, 1.807) is 7.11 Å². The molecule has 0 radical (unpaired) electrons. The number of nitrogens with one attached hydrogen (secondary N) is 1. The largest absolute Gasteiger partial charge is 0.497 e. The molecule has 0 unspecified atom stereocenters. The molecule has 0 aromatic heterocycles. The topological polar surface area (TPSA) is 33.1 Å². The summed E-state index contributed by atoms with van der Waals surface area (Å²) in [7, 11) is 1.68. The minimum Gasteiger partial charge on any atom is -0.497 e. The molecule has 0 saturated heterocycles. The van der Waals surface area contributed by atoms with Crippen LogP contribution in [0, 0.1) is 12.3 Å². The Labute approximate surface area is 142 Å². The number of hydrogen-bond acceptors (Lipinski definition) is 2. The third kappa shape index (κ3) is 2.30. The molecule has 0 fully saturated rings. The highest BCUT2D eigenvalue weighted by Gasteiger charge is 2.20. The Kier molecular flexibility index (Phi) is 3.61. The monoisotopic (exact) mass is 315 g/mol. The lowest BCUT2D eigenvalue weighted by Gasteiger charge is -2.14. The molecule has 0 saturated carbocycles. The molecule has 1 aliphatic rings. The molecule has 0 heterocycles. The molecule has 3 aromatic rings. The van der Waals surface area contributed by atoms with Gasteiger partial charge in [0.2, 0.25) is 0 Å². The first kappa shape index (κ1) is 14.9. The van der Waals surface area contributed by atoms with Gasteiger partial charge in [-0.25, -0.2) is 0 Å². The Morgan fingerprint density at radius 1 is 0.958 bits per heavy atom. The standard InChI is InChI=1S/C22H21NO/c1-14-9-12-20(18-7-4-6-17(14)18)22(23)19-8-3-5-15-10-11-16(24-2)13-21(15)19/h3,5,8-13,23H,4,6-7H2,1-2H3. The van der Waals surface area contributed by atoms with Gasteiger partial charge in [0.1, 0.15) is 5.75 Å². The van der Waals surface area contributed by atoms with Crippen LogP contribution in [0.2, 0.25) is 0 Å². The van der Waals surface area contributed by atoms with Crippen molar-refractivity contribution in [3.63, 3.8) is 0 Å². The second kappa shape index (κ2) is 5.79. The molecule has 2 nitrogen and oxygen atoms in total. The summed E-state index contributed by atoms with van der Waals surface area (Å²) >= 11 is 0. The average Bonchev–Trinajstić information content (AvgIpc) is 3.11. The van der Waals surface area contributed by atoms with Gasteiger partial charge in [-0.05, 0) is 65.8 Å². The Morgan fingerprint density at radius 3 is 2.62 bits per heavy atom. The predicted octanol–water partition coefficient (Wildman–Crippen LogP) is 5.06. The second-order valence-electron chi connectivity index (χ2n) is 6.51. The molecular weight excluding hydrogens is 294 g/mol. The van der Waals surface area contributed by atoms with Crippen LogP contribution >= 0.6 is 0 Å². The first-order valence-corrected chi connectivity index (χ1v) is 8.46. The minimum absolute atomic E-state index is 0.618. The van der Waals surface area contributed by atoms with Crippen molar-refractivity contribution < 1.29 is 4.74 Å². The molecular formula is C22H21NO. The van der Waals surface area contributed by atoms with Crippen molar-refractivity contribution in [2.45, 2.75) is 26.2 Å². The van der Waals surface area contributed by atoms with Crippen LogP contribution in [0.5, 0.6) is 5.75 Å². The SMILES string of the molecule is COc1ccc2cccc(C(=N)c3ccc(C)c4c3CCC4)c2c1. The second-order valence-corrected chi connectivity index (χ2v) is 6.51. The molecule has 1 aliphatic carbocycles. The number of hydrogen-bond donors (Lipinski definition) is 1. The van der Waals surface area contributed by atoms with Crippen molar-refractivity contribution in [1.29, 1.82) is 5.41 Å². The fourth-order valence-electron chi connectivity index (χ4n) is 3.86. The average molecular weight is 315 g/mol. The van der Waals surface area contributed by atoms with Crippen LogP contribution in [-0.4, -0.2) is 12.8 Å². The van der Waals surface area contributed by atoms with Gasteiger partial charge < -0.3 is 4.74 Å². The summed E-state index contributed by atoms with van der Waals surface area (Å²) in [4.78, 5) is 0. The molecule has 1 N–H and O–H groups in total. The Bertz CT molecular complexity index is 956. The molecule has 0 bridgehead atoms. The van der Waals surface area contributed by atoms with Gasteiger partial charge in [0.15, 0.2) is 0 Å². The van der Waals surface area contributed by atoms with Crippen LogP contribution in [0.3, 0.4) is 0 Å². The van der Waals surface area contributed by atoms with E-state index >= 15 is 0 Å². The van der Waals surface area contributed by atoms with Crippen LogP contribution in [0.4, 0.5) is 0 Å². The van der Waals surface area contributed by atoms with Gasteiger partial charge in [-0.15, -0.1) is 0 Å². The maximum absolute atomic E-state index is 8.88. The van der Waals surface area contributed by atoms with Gasteiger partial charge in [-0.1, -0.05) is 36.4 Å². The van der Waals surface area contributed by atoms with Crippen LogP contribution in [-0.2, 0) is 12.8 Å². The zero-order valence-electron chi connectivity index (χ0n) is 14.1. The van der Waals surface area contributed by atoms with Gasteiger partial charge >= 0.3 is 0 Å². The van der Waals surface area contributed by atoms with E-state index in [9.17, 15) is 0 Å². The van der Waals surface area contributed by atoms with Crippen LogP contribution in [0.15, 0.2) is 48.5 Å². The summed E-state index contributed by atoms with van der Waals surface area (Å²) in [5.41, 5.74) is 6.87. The first-order chi connectivity index (χ1) is 11.7. The van der Waals surface area contributed by atoms with Gasteiger partial charge in [0, 0.05) is 11.1 Å². The van der Waals surface area contributed by atoms with E-state index in [1.807, 2.05) is 24.3 Å². The van der Waals surface area contributed by atoms with Gasteiger partial charge in [-0.2, -0.15) is 0 Å². The molecule has 120 valence electrons. The van der Waals surface area contributed by atoms with E-state index < -0.39 is 0 Å². The van der Waals surface area contributed by atoms with E-state index in [0.29, 0.717) is 5.71 Å². The van der Waals surface area contributed by atoms with Gasteiger partial charge in [0.05, 0.1) is 12.8 Å². The minimum atomic E-state index is 0.618. The van der Waals surface area contributed by atoms with Gasteiger partial charge in [0.25, 0.3) is 0 Å². The van der Waals surface area contributed by atoms with E-state index in [-0.39, 0.29) is 0 Å². The van der Waals surface area contributed by atoms with Crippen LogP contribution in [0.1, 0.15) is 34.2 Å². The Balaban J connectivity index is 1.90. The number of fused-ring (bicyclic) bond motifs is 2. The van der Waals surface area contributed by atoms with E-state index in [2.05, 4.69) is 31.2 Å². The van der Waals surface area contributed by atoms with Crippen LogP contribution in [0.25, 0.3) is 10.8 Å². The summed E-state index contributed by atoms with van der Waals surface area (Å²) in [6.07, 6.45) is 3.43. The normalized spacial score (nSPS) is 13.1. The zero-order chi connectivity index (χ0) is 16.7. The summed E-state index contributed by atoms with van der Waals surface area (Å²) in [5, 5.41) is 11.1. The van der Waals surface area contributed by atoms with Crippen molar-refractivity contribution in [3.05, 3.63) is 76.3 Å². The van der Waals surface area contributed by atoms with Crippen molar-refractivity contribution >= 4 is 16.5 Å². The molecule has 0 atom stereocenters. The fourth-order valence-corrected chi connectivity index (χ4v) is 3.86. The van der Waals surface area contributed by atoms with Crippen LogP contribution < -0.4 is 4.74 Å². The van der Waals surface area contributed by atoms with Crippen molar-refractivity contribution in [3.8, 4) is 5.75 Å². The quantitative estimate of drug-likeness (QED) is 0.673. The molecule has 2 heteroatoms. The first-order valence-electron chi connectivity index (χ1n) is 8.46. The summed E-state index contributed by atoms with van der Waals surface area (Å²) in [6.45, 7) is 2.18. The molecule has 3 aromatic carbocycles. The highest BCUT2D eigenvalue weighted by Crippen LogP contribution is 2.32. The highest BCUT2D eigenvalue weighted by atomic mass is 16.5. The molecule has 24 heavy (non-hydrogen) atoms. The van der Waals surface area contributed by atoms with Gasteiger partial charge in [-0.3, -0.25) is 5.41 Å². The highest BCUT2D eigenvalue weighted by molar-refractivity contribution is 6.18. The molecule has 0 amide bonds. The Morgan fingerprint density at radius 2 is 1.79 bits per heavy atom. The number of benzene rings is 3. The van der Waals surface area contributed by atoms with E-state index in [0.717, 1.165) is 40.5 Å². The lowest BCUT2D eigenvalue weighted by molar-refractivity contribution is 0.415. The third-order valence-corrected chi connectivity index (χ3v) is 5.15. The molecule has 4 rings (SSSR count). The van der Waals surface area contributed by atoms with E-state index in [1.165, 1.54) is 23.1 Å². The van der Waals surface area contributed by atoms with Crippen molar-refractivity contribution in [2.24, 2.45) is 0 Å². The predicted molar refractivity (Wildman–Crippen MR) is 99.6 cm³/mol. The molecule has 0 aliphatic heterocycles. The Hall–Kier alpha value is -2.61. The number of rotatable bonds is 3. The summed E-state index contributed by atoms with van der Waals surface area (Å²) in [6, 6.07) is 16.5. The smallest absolute Gasteiger partial charge is 0.119 e. The fraction of sp³-hybridized carbons (Fsp3) is 0.227. The van der Waals surface area contributed by atoms with Crippen molar-refractivity contribution in [2.75, 3.05) is 7.11 Å². The molecule has 0 spiro atoms. The van der Waals surface area contributed by atoms with Crippen molar-refractivity contribution in [1.82, 2.24) is 0 Å². The number of aryl methyl sites for hydroxylation is 1. The lowest BCUT2D eigenvalue weighted by atomic mass is 9.91. The lowest BCUT2D eigenvalue weighted by Crippen LogP contribution is -2.07. The maximum atomic E-state index is 8.88. The summed E-state index contributed by atoms with van der Waals surface area (Å²) < 4.78 is 5.38. The number of ether oxygens (including phenoxy) is 1. The maximum Gasteiger partial charge on any atom is 0.119 e. The third-order valence-electron chi connectivity index (χ3n) is 5.15.